The van der Waals surface area contributed by atoms with Gasteiger partial charge in [0.25, 0.3) is 0 Å². The fourth-order valence-electron chi connectivity index (χ4n) is 4.70. The molecule has 1 unspecified atom stereocenters. The minimum absolute atomic E-state index is 0.0312. The van der Waals surface area contributed by atoms with Crippen LogP contribution in [-0.4, -0.2) is 11.3 Å². The van der Waals surface area contributed by atoms with E-state index < -0.39 is 7.92 Å². The van der Waals surface area contributed by atoms with Crippen LogP contribution in [0.15, 0.2) is 101 Å². The van der Waals surface area contributed by atoms with Crippen molar-refractivity contribution in [3.63, 3.8) is 0 Å². The van der Waals surface area contributed by atoms with Gasteiger partial charge in [-0.3, -0.25) is 4.99 Å². The van der Waals surface area contributed by atoms with Gasteiger partial charge in [-0.15, -0.1) is 0 Å². The quantitative estimate of drug-likeness (QED) is 0.272. The molecule has 3 aromatic rings. The summed E-state index contributed by atoms with van der Waals surface area (Å²) in [4.78, 5) is 5.15. The van der Waals surface area contributed by atoms with Crippen molar-refractivity contribution >= 4 is 24.7 Å². The molecule has 0 spiro atoms. The van der Waals surface area contributed by atoms with Gasteiger partial charge < -0.3 is 5.11 Å². The van der Waals surface area contributed by atoms with Gasteiger partial charge in [0.05, 0.1) is 5.70 Å². The SMILES string of the molecule is CC1CC=CC(P(c2ccccc2)c2ccccc2)=C1N=Cc1cc(C(C)(C)C)cc(C(C)(C)C)c1O. The van der Waals surface area contributed by atoms with Crippen LogP contribution in [0.4, 0.5) is 0 Å². The lowest BCUT2D eigenvalue weighted by atomic mass is 9.79. The highest BCUT2D eigenvalue weighted by Crippen LogP contribution is 2.49. The first-order valence-electron chi connectivity index (χ1n) is 13.2. The number of hydrogen-bond donors (Lipinski definition) is 1. The van der Waals surface area contributed by atoms with Crippen LogP contribution in [0, 0.1) is 5.92 Å². The third kappa shape index (κ3) is 6.13. The molecule has 0 fully saturated rings. The standard InChI is InChI=1S/C34H40NOP/c1-24-15-14-20-30(37(27-16-10-8-11-17-27)28-18-12-9-13-19-28)31(24)35-23-25-21-26(33(2,3)4)22-29(32(25)36)34(5,6)7/h8-14,16-24,36H,15H2,1-7H3. The number of aliphatic imine (C=N–C) groups is 1. The monoisotopic (exact) mass is 509 g/mol. The summed E-state index contributed by atoms with van der Waals surface area (Å²) in [5.74, 6) is 0.627. The lowest BCUT2D eigenvalue weighted by Crippen LogP contribution is -2.17. The molecule has 0 saturated carbocycles. The molecular weight excluding hydrogens is 469 g/mol. The van der Waals surface area contributed by atoms with E-state index in [0.29, 0.717) is 11.7 Å². The second kappa shape index (κ2) is 10.8. The van der Waals surface area contributed by atoms with Crippen molar-refractivity contribution in [2.75, 3.05) is 0 Å². The summed E-state index contributed by atoms with van der Waals surface area (Å²) in [6.07, 6.45) is 7.43. The number of allylic oxidation sites excluding steroid dienone is 4. The van der Waals surface area contributed by atoms with Gasteiger partial charge in [0.2, 0.25) is 0 Å². The van der Waals surface area contributed by atoms with E-state index >= 15 is 0 Å². The lowest BCUT2D eigenvalue weighted by Gasteiger charge is -2.28. The van der Waals surface area contributed by atoms with Crippen LogP contribution in [0.5, 0.6) is 5.75 Å². The molecule has 3 heteroatoms. The van der Waals surface area contributed by atoms with Crippen LogP contribution < -0.4 is 10.6 Å². The van der Waals surface area contributed by atoms with Crippen LogP contribution in [-0.2, 0) is 10.8 Å². The van der Waals surface area contributed by atoms with Crippen molar-refractivity contribution < 1.29 is 5.11 Å². The van der Waals surface area contributed by atoms with E-state index in [1.165, 1.54) is 21.5 Å². The Morgan fingerprint density at radius 2 is 1.41 bits per heavy atom. The number of benzene rings is 3. The van der Waals surface area contributed by atoms with E-state index in [1.54, 1.807) is 0 Å². The summed E-state index contributed by atoms with van der Waals surface area (Å²) in [7, 11) is -0.756. The molecule has 4 rings (SSSR count). The zero-order chi connectivity index (χ0) is 26.8. The molecule has 0 radical (unpaired) electrons. The molecule has 0 aliphatic heterocycles. The van der Waals surface area contributed by atoms with Crippen LogP contribution in [0.25, 0.3) is 0 Å². The highest BCUT2D eigenvalue weighted by atomic mass is 31.1. The second-order valence-corrected chi connectivity index (χ2v) is 14.2. The van der Waals surface area contributed by atoms with E-state index in [1.807, 2.05) is 6.21 Å². The van der Waals surface area contributed by atoms with E-state index in [-0.39, 0.29) is 10.8 Å². The first-order chi connectivity index (χ1) is 17.5. The van der Waals surface area contributed by atoms with Crippen LogP contribution in [0.2, 0.25) is 0 Å². The predicted molar refractivity (Wildman–Crippen MR) is 162 cm³/mol. The molecule has 192 valence electrons. The Morgan fingerprint density at radius 3 is 1.92 bits per heavy atom. The molecule has 37 heavy (non-hydrogen) atoms. The van der Waals surface area contributed by atoms with Crippen LogP contribution >= 0.6 is 7.92 Å². The minimum Gasteiger partial charge on any atom is -0.507 e. The maximum absolute atomic E-state index is 11.3. The van der Waals surface area contributed by atoms with E-state index in [4.69, 9.17) is 4.99 Å². The van der Waals surface area contributed by atoms with E-state index in [2.05, 4.69) is 133 Å². The van der Waals surface area contributed by atoms with Crippen molar-refractivity contribution in [3.05, 3.63) is 113 Å². The number of rotatable bonds is 5. The van der Waals surface area contributed by atoms with Crippen LogP contribution in [0.3, 0.4) is 0 Å². The summed E-state index contributed by atoms with van der Waals surface area (Å²) in [6.45, 7) is 15.4. The topological polar surface area (TPSA) is 32.6 Å². The molecule has 2 nitrogen and oxygen atoms in total. The average molecular weight is 510 g/mol. The van der Waals surface area contributed by atoms with Crippen LogP contribution in [0.1, 0.15) is 71.6 Å². The number of aromatic hydroxyl groups is 1. The molecule has 1 aliphatic carbocycles. The molecule has 0 bridgehead atoms. The van der Waals surface area contributed by atoms with Crippen molar-refractivity contribution in [2.24, 2.45) is 10.9 Å². The molecule has 0 amide bonds. The molecule has 1 atom stereocenters. The van der Waals surface area contributed by atoms with Crippen molar-refractivity contribution in [1.82, 2.24) is 0 Å². The predicted octanol–water partition coefficient (Wildman–Crippen LogP) is 8.35. The molecule has 1 N–H and O–H groups in total. The molecular formula is C34H40NOP. The maximum atomic E-state index is 11.3. The second-order valence-electron chi connectivity index (χ2n) is 12.0. The van der Waals surface area contributed by atoms with Gasteiger partial charge >= 0.3 is 0 Å². The smallest absolute Gasteiger partial charge is 0.128 e. The number of phenolic OH excluding ortho intramolecular Hbond substituents is 1. The lowest BCUT2D eigenvalue weighted by molar-refractivity contribution is 0.444. The fourth-order valence-corrected chi connectivity index (χ4v) is 7.25. The molecule has 0 aromatic heterocycles. The first-order valence-corrected chi connectivity index (χ1v) is 14.5. The van der Waals surface area contributed by atoms with Gasteiger partial charge in [-0.2, -0.15) is 0 Å². The minimum atomic E-state index is -0.756. The van der Waals surface area contributed by atoms with Crippen molar-refractivity contribution in [2.45, 2.75) is 65.7 Å². The Labute approximate surface area is 224 Å². The normalized spacial score (nSPS) is 16.7. The van der Waals surface area contributed by atoms with E-state index in [0.717, 1.165) is 23.2 Å². The first kappa shape index (κ1) is 27.1. The van der Waals surface area contributed by atoms with Crippen molar-refractivity contribution in [3.8, 4) is 5.75 Å². The number of phenols is 1. The van der Waals surface area contributed by atoms with Gasteiger partial charge in [-0.1, -0.05) is 127 Å². The number of hydrogen-bond acceptors (Lipinski definition) is 2. The zero-order valence-corrected chi connectivity index (χ0v) is 24.2. The van der Waals surface area contributed by atoms with Crippen molar-refractivity contribution in [1.29, 1.82) is 0 Å². The zero-order valence-electron chi connectivity index (χ0n) is 23.3. The Bertz CT molecular complexity index is 1280. The summed E-state index contributed by atoms with van der Waals surface area (Å²) in [6, 6.07) is 25.8. The van der Waals surface area contributed by atoms with E-state index in [9.17, 15) is 5.11 Å². The Hall–Kier alpha value is -2.96. The molecule has 3 aromatic carbocycles. The summed E-state index contributed by atoms with van der Waals surface area (Å²) < 4.78 is 0. The third-order valence-corrected chi connectivity index (χ3v) is 9.41. The highest BCUT2D eigenvalue weighted by molar-refractivity contribution is 7.77. The van der Waals surface area contributed by atoms with Gasteiger partial charge in [0.1, 0.15) is 5.75 Å². The largest absolute Gasteiger partial charge is 0.507 e. The Balaban J connectivity index is 1.89. The number of nitrogens with zero attached hydrogens (tertiary/aromatic N) is 1. The molecule has 0 heterocycles. The fraction of sp³-hybridized carbons (Fsp3) is 0.324. The highest BCUT2D eigenvalue weighted by Gasteiger charge is 2.27. The summed E-state index contributed by atoms with van der Waals surface area (Å²) in [5.41, 5.74) is 3.86. The average Bonchev–Trinajstić information content (AvgIpc) is 2.84. The maximum Gasteiger partial charge on any atom is 0.128 e. The third-order valence-electron chi connectivity index (χ3n) is 6.92. The van der Waals surface area contributed by atoms with Gasteiger partial charge in [-0.05, 0) is 47.4 Å². The van der Waals surface area contributed by atoms with Gasteiger partial charge in [0.15, 0.2) is 0 Å². The molecule has 0 saturated heterocycles. The Kier molecular flexibility index (Phi) is 7.91. The van der Waals surface area contributed by atoms with Gasteiger partial charge in [0, 0.05) is 28.6 Å². The summed E-state index contributed by atoms with van der Waals surface area (Å²) >= 11 is 0. The molecule has 1 aliphatic rings. The van der Waals surface area contributed by atoms with Gasteiger partial charge in [-0.25, -0.2) is 0 Å². The Morgan fingerprint density at radius 1 is 0.838 bits per heavy atom. The summed E-state index contributed by atoms with van der Waals surface area (Å²) in [5, 5.41) is 15.2.